The van der Waals surface area contributed by atoms with Gasteiger partial charge >= 0.3 is 0 Å². The fourth-order valence-electron chi connectivity index (χ4n) is 0.682. The minimum absolute atomic E-state index is 0.212. The average Bonchev–Trinajstić information content (AvgIpc) is 1.65. The lowest BCUT2D eigenvalue weighted by Crippen LogP contribution is -2.22. The van der Waals surface area contributed by atoms with Crippen LogP contribution in [0.1, 0.15) is 33.6 Å². The molecule has 3 heteroatoms. The topological polar surface area (TPSA) is 17.1 Å². The Hall–Kier alpha value is 0.440. The largest absolute Gasteiger partial charge is 0.242 e. The molecule has 0 aliphatic heterocycles. The van der Waals surface area contributed by atoms with E-state index in [0.29, 0.717) is 0 Å². The zero-order valence-electron chi connectivity index (χ0n) is 6.11. The van der Waals surface area contributed by atoms with E-state index in [1.54, 1.807) is 0 Å². The molecule has 0 amide bonds. The Balaban J connectivity index is 3.85. The van der Waals surface area contributed by atoms with Gasteiger partial charge in [-0.15, -0.1) is 0 Å². The molecular formula is C6H13ClOS. The van der Waals surface area contributed by atoms with Gasteiger partial charge in [0.2, 0.25) is 0 Å². The van der Waals surface area contributed by atoms with E-state index in [9.17, 15) is 4.21 Å². The van der Waals surface area contributed by atoms with Crippen LogP contribution in [0.2, 0.25) is 0 Å². The van der Waals surface area contributed by atoms with Crippen molar-refractivity contribution < 1.29 is 4.21 Å². The standard InChI is InChI=1S/C6H13ClOS/c1-4-5-6(2,3)9(7)8/h4-5H2,1-3H3. The zero-order chi connectivity index (χ0) is 7.49. The number of rotatable bonds is 3. The van der Waals surface area contributed by atoms with Gasteiger partial charge in [0.15, 0.2) is 0 Å². The molecule has 0 saturated heterocycles. The smallest absolute Gasteiger partial charge is 0.120 e. The van der Waals surface area contributed by atoms with Crippen molar-refractivity contribution in [3.63, 3.8) is 0 Å². The van der Waals surface area contributed by atoms with Crippen LogP contribution in [0, 0.1) is 0 Å². The molecule has 1 unspecified atom stereocenters. The molecule has 56 valence electrons. The molecule has 0 aromatic carbocycles. The summed E-state index contributed by atoms with van der Waals surface area (Å²) < 4.78 is 10.5. The predicted octanol–water partition coefficient (Wildman–Crippen LogP) is 2.47. The van der Waals surface area contributed by atoms with Crippen molar-refractivity contribution in [2.24, 2.45) is 0 Å². The molecule has 0 N–H and O–H groups in total. The summed E-state index contributed by atoms with van der Waals surface area (Å²) in [5.41, 5.74) is 0. The fraction of sp³-hybridized carbons (Fsp3) is 1.00. The molecule has 0 aromatic heterocycles. The summed E-state index contributed by atoms with van der Waals surface area (Å²) in [7, 11) is 4.22. The lowest BCUT2D eigenvalue weighted by molar-refractivity contribution is 0.591. The summed E-state index contributed by atoms with van der Waals surface area (Å²) in [5.74, 6) is 0. The minimum Gasteiger partial charge on any atom is -0.242 e. The van der Waals surface area contributed by atoms with Crippen LogP contribution in [0.5, 0.6) is 0 Å². The SMILES string of the molecule is CCCC(C)(C)S(=O)Cl. The van der Waals surface area contributed by atoms with Crippen LogP contribution in [0.15, 0.2) is 0 Å². The van der Waals surface area contributed by atoms with Crippen LogP contribution in [-0.4, -0.2) is 8.96 Å². The van der Waals surface area contributed by atoms with Gasteiger partial charge in [0.1, 0.15) is 10.0 Å². The number of hydrogen-bond donors (Lipinski definition) is 0. The van der Waals surface area contributed by atoms with Crippen molar-refractivity contribution in [3.05, 3.63) is 0 Å². The van der Waals surface area contributed by atoms with Crippen molar-refractivity contribution >= 4 is 20.7 Å². The molecular weight excluding hydrogens is 156 g/mol. The third-order valence-corrected chi connectivity index (χ3v) is 3.61. The van der Waals surface area contributed by atoms with Crippen LogP contribution in [-0.2, 0) is 10.0 Å². The second-order valence-corrected chi connectivity index (χ2v) is 5.13. The Morgan fingerprint density at radius 2 is 2.00 bits per heavy atom. The first-order valence-electron chi connectivity index (χ1n) is 3.09. The Morgan fingerprint density at radius 3 is 2.11 bits per heavy atom. The molecule has 1 atom stereocenters. The first kappa shape index (κ1) is 9.44. The minimum atomic E-state index is -1.20. The van der Waals surface area contributed by atoms with E-state index in [0.717, 1.165) is 12.8 Å². The second kappa shape index (κ2) is 3.57. The van der Waals surface area contributed by atoms with Crippen molar-refractivity contribution in [1.82, 2.24) is 0 Å². The summed E-state index contributed by atoms with van der Waals surface area (Å²) in [6.07, 6.45) is 1.95. The molecule has 0 rings (SSSR count). The van der Waals surface area contributed by atoms with Gasteiger partial charge in [-0.2, -0.15) is 0 Å². The first-order chi connectivity index (χ1) is 4.00. The van der Waals surface area contributed by atoms with Crippen LogP contribution in [0.3, 0.4) is 0 Å². The number of halogens is 1. The molecule has 0 heterocycles. The summed E-state index contributed by atoms with van der Waals surface area (Å²) >= 11 is 0. The van der Waals surface area contributed by atoms with Crippen molar-refractivity contribution in [1.29, 1.82) is 0 Å². The van der Waals surface area contributed by atoms with Crippen LogP contribution in [0.25, 0.3) is 0 Å². The lowest BCUT2D eigenvalue weighted by atomic mass is 10.1. The molecule has 0 aromatic rings. The van der Waals surface area contributed by atoms with Crippen LogP contribution >= 0.6 is 10.7 Å². The van der Waals surface area contributed by atoms with Crippen molar-refractivity contribution in [2.45, 2.75) is 38.4 Å². The van der Waals surface area contributed by atoms with Gasteiger partial charge < -0.3 is 0 Å². The van der Waals surface area contributed by atoms with E-state index >= 15 is 0 Å². The van der Waals surface area contributed by atoms with Gasteiger partial charge in [0.25, 0.3) is 0 Å². The highest BCUT2D eigenvalue weighted by molar-refractivity contribution is 8.09. The van der Waals surface area contributed by atoms with E-state index in [1.165, 1.54) is 0 Å². The summed E-state index contributed by atoms with van der Waals surface area (Å²) in [4.78, 5) is 0. The molecule has 0 saturated carbocycles. The molecule has 0 fully saturated rings. The Bertz CT molecular complexity index is 112. The molecule has 0 spiro atoms. The maximum Gasteiger partial charge on any atom is 0.120 e. The quantitative estimate of drug-likeness (QED) is 0.592. The monoisotopic (exact) mass is 168 g/mol. The Kier molecular flexibility index (Phi) is 3.74. The van der Waals surface area contributed by atoms with Crippen molar-refractivity contribution in [3.8, 4) is 0 Å². The van der Waals surface area contributed by atoms with E-state index in [2.05, 4.69) is 6.92 Å². The molecule has 0 aliphatic rings. The van der Waals surface area contributed by atoms with Gasteiger partial charge in [-0.25, -0.2) is 4.21 Å². The van der Waals surface area contributed by atoms with E-state index in [1.807, 2.05) is 13.8 Å². The summed E-state index contributed by atoms with van der Waals surface area (Å²) in [6.45, 7) is 5.89. The van der Waals surface area contributed by atoms with Gasteiger partial charge in [-0.3, -0.25) is 0 Å². The second-order valence-electron chi connectivity index (χ2n) is 2.73. The number of hydrogen-bond acceptors (Lipinski definition) is 1. The maximum absolute atomic E-state index is 10.7. The Labute approximate surface area is 63.7 Å². The predicted molar refractivity (Wildman–Crippen MR) is 43.0 cm³/mol. The van der Waals surface area contributed by atoms with Gasteiger partial charge in [-0.1, -0.05) is 13.3 Å². The van der Waals surface area contributed by atoms with Gasteiger partial charge in [0, 0.05) is 0 Å². The van der Waals surface area contributed by atoms with Crippen LogP contribution < -0.4 is 0 Å². The molecule has 0 aliphatic carbocycles. The summed E-state index contributed by atoms with van der Waals surface area (Å²) in [5, 5.41) is 0. The highest BCUT2D eigenvalue weighted by Crippen LogP contribution is 2.21. The molecule has 9 heavy (non-hydrogen) atoms. The fourth-order valence-corrected chi connectivity index (χ4v) is 1.28. The normalized spacial score (nSPS) is 15.6. The third kappa shape index (κ3) is 3.21. The lowest BCUT2D eigenvalue weighted by Gasteiger charge is -2.17. The zero-order valence-corrected chi connectivity index (χ0v) is 7.68. The van der Waals surface area contributed by atoms with Crippen LogP contribution in [0.4, 0.5) is 0 Å². The molecule has 0 bridgehead atoms. The molecule has 0 radical (unpaired) electrons. The maximum atomic E-state index is 10.7. The van der Waals surface area contributed by atoms with E-state index in [4.69, 9.17) is 10.7 Å². The Morgan fingerprint density at radius 1 is 1.56 bits per heavy atom. The first-order valence-corrected chi connectivity index (χ1v) is 5.06. The summed E-state index contributed by atoms with van der Waals surface area (Å²) in [6, 6.07) is 0. The van der Waals surface area contributed by atoms with E-state index in [-0.39, 0.29) is 4.75 Å². The van der Waals surface area contributed by atoms with Gasteiger partial charge in [-0.05, 0) is 31.0 Å². The molecule has 1 nitrogen and oxygen atoms in total. The van der Waals surface area contributed by atoms with E-state index < -0.39 is 10.0 Å². The third-order valence-electron chi connectivity index (χ3n) is 1.29. The van der Waals surface area contributed by atoms with Gasteiger partial charge in [0.05, 0.1) is 4.75 Å². The van der Waals surface area contributed by atoms with Crippen molar-refractivity contribution in [2.75, 3.05) is 0 Å². The highest BCUT2D eigenvalue weighted by atomic mass is 35.7. The highest BCUT2D eigenvalue weighted by Gasteiger charge is 2.22. The average molecular weight is 169 g/mol.